The predicted molar refractivity (Wildman–Crippen MR) is 45.5 cm³/mol. The standard InChI is InChI=1S/C6H12OS2/c1-3-5-9(7,8)6-4-2/h3,5H,4,6H2,1-2H3. The van der Waals surface area contributed by atoms with Crippen molar-refractivity contribution in [2.75, 3.05) is 5.75 Å². The van der Waals surface area contributed by atoms with Crippen LogP contribution in [0.5, 0.6) is 0 Å². The zero-order valence-corrected chi connectivity index (χ0v) is 7.43. The van der Waals surface area contributed by atoms with Crippen LogP contribution in [-0.4, -0.2) is 9.96 Å². The van der Waals surface area contributed by atoms with Crippen LogP contribution in [-0.2, 0) is 19.7 Å². The molecule has 1 atom stereocenters. The van der Waals surface area contributed by atoms with E-state index in [-0.39, 0.29) is 0 Å². The van der Waals surface area contributed by atoms with Crippen LogP contribution in [0.3, 0.4) is 0 Å². The average Bonchev–Trinajstić information content (AvgIpc) is 1.64. The number of hydrogen-bond donors (Lipinski definition) is 0. The molecular formula is C6H12OS2. The van der Waals surface area contributed by atoms with Crippen LogP contribution in [0.2, 0.25) is 0 Å². The molecular weight excluding hydrogens is 152 g/mol. The van der Waals surface area contributed by atoms with Gasteiger partial charge in [-0.3, -0.25) is 4.21 Å². The van der Waals surface area contributed by atoms with E-state index in [2.05, 4.69) is 0 Å². The fraction of sp³-hybridized carbons (Fsp3) is 0.667. The van der Waals surface area contributed by atoms with Gasteiger partial charge in [0.05, 0.1) is 8.49 Å². The summed E-state index contributed by atoms with van der Waals surface area (Å²) < 4.78 is 11.1. The first-order valence-electron chi connectivity index (χ1n) is 2.98. The summed E-state index contributed by atoms with van der Waals surface area (Å²) in [5.41, 5.74) is 0. The van der Waals surface area contributed by atoms with Gasteiger partial charge in [0.1, 0.15) is 0 Å². The lowest BCUT2D eigenvalue weighted by Gasteiger charge is -1.94. The maximum Gasteiger partial charge on any atom is 0.0518 e. The molecule has 0 saturated heterocycles. The van der Waals surface area contributed by atoms with E-state index in [4.69, 9.17) is 11.2 Å². The fourth-order valence-corrected chi connectivity index (χ4v) is 2.51. The maximum atomic E-state index is 11.1. The highest BCUT2D eigenvalue weighted by atomic mass is 32.8. The summed E-state index contributed by atoms with van der Waals surface area (Å²) in [5, 5.41) is 1.62. The summed E-state index contributed by atoms with van der Waals surface area (Å²) in [6, 6.07) is 0. The molecule has 0 aliphatic rings. The second kappa shape index (κ2) is 4.01. The Labute approximate surface area is 61.8 Å². The first kappa shape index (κ1) is 9.11. The summed E-state index contributed by atoms with van der Waals surface area (Å²) in [4.78, 5) is 0. The normalized spacial score (nSPS) is 18.0. The first-order valence-corrected chi connectivity index (χ1v) is 5.69. The van der Waals surface area contributed by atoms with Crippen LogP contribution in [0.15, 0.2) is 11.5 Å². The smallest absolute Gasteiger partial charge is 0.0518 e. The Morgan fingerprint density at radius 1 is 1.67 bits per heavy atom. The molecule has 0 radical (unpaired) electrons. The Balaban J connectivity index is 4.05. The van der Waals surface area contributed by atoms with E-state index < -0.39 is 8.49 Å². The van der Waals surface area contributed by atoms with Crippen molar-refractivity contribution < 1.29 is 4.21 Å². The van der Waals surface area contributed by atoms with Gasteiger partial charge in [-0.2, -0.15) is 0 Å². The minimum Gasteiger partial charge on any atom is -0.252 e. The molecule has 0 saturated carbocycles. The molecule has 54 valence electrons. The molecule has 0 aromatic rings. The minimum absolute atomic E-state index is 0.632. The van der Waals surface area contributed by atoms with Gasteiger partial charge in [0.25, 0.3) is 0 Å². The Morgan fingerprint density at radius 2 is 2.22 bits per heavy atom. The van der Waals surface area contributed by atoms with E-state index in [1.54, 1.807) is 11.5 Å². The van der Waals surface area contributed by atoms with Crippen molar-refractivity contribution in [3.05, 3.63) is 11.5 Å². The highest BCUT2D eigenvalue weighted by Gasteiger charge is 1.95. The highest BCUT2D eigenvalue weighted by molar-refractivity contribution is 8.34. The molecule has 0 spiro atoms. The van der Waals surface area contributed by atoms with Crippen molar-refractivity contribution in [2.24, 2.45) is 0 Å². The summed E-state index contributed by atoms with van der Waals surface area (Å²) in [7, 11) is -2.03. The monoisotopic (exact) mass is 164 g/mol. The van der Waals surface area contributed by atoms with Gasteiger partial charge in [0.15, 0.2) is 0 Å². The van der Waals surface area contributed by atoms with Crippen molar-refractivity contribution >= 4 is 19.7 Å². The zero-order valence-electron chi connectivity index (χ0n) is 5.79. The third kappa shape index (κ3) is 4.60. The largest absolute Gasteiger partial charge is 0.252 e. The molecule has 0 aromatic carbocycles. The summed E-state index contributed by atoms with van der Waals surface area (Å²) >= 11 is 4.78. The molecule has 0 fully saturated rings. The van der Waals surface area contributed by atoms with E-state index in [1.807, 2.05) is 13.8 Å². The maximum absolute atomic E-state index is 11.1. The van der Waals surface area contributed by atoms with Crippen LogP contribution in [0.4, 0.5) is 0 Å². The molecule has 0 aromatic heterocycles. The van der Waals surface area contributed by atoms with Crippen molar-refractivity contribution in [2.45, 2.75) is 20.3 Å². The number of allylic oxidation sites excluding steroid dienone is 1. The quantitative estimate of drug-likeness (QED) is 0.631. The Bertz CT molecular complexity index is 177. The minimum atomic E-state index is -2.03. The summed E-state index contributed by atoms with van der Waals surface area (Å²) in [5.74, 6) is 0.632. The SMILES string of the molecule is CC=CS(=O)(=S)CCC. The molecule has 0 N–H and O–H groups in total. The van der Waals surface area contributed by atoms with Crippen LogP contribution in [0, 0.1) is 0 Å². The molecule has 0 amide bonds. The molecule has 1 unspecified atom stereocenters. The van der Waals surface area contributed by atoms with E-state index in [0.29, 0.717) is 5.75 Å². The first-order chi connectivity index (χ1) is 4.12. The van der Waals surface area contributed by atoms with Crippen molar-refractivity contribution in [3.63, 3.8) is 0 Å². The van der Waals surface area contributed by atoms with E-state index >= 15 is 0 Å². The Kier molecular flexibility index (Phi) is 4.06. The van der Waals surface area contributed by atoms with Crippen LogP contribution in [0.25, 0.3) is 0 Å². The number of hydrogen-bond acceptors (Lipinski definition) is 2. The molecule has 0 aliphatic carbocycles. The van der Waals surface area contributed by atoms with E-state index in [9.17, 15) is 4.21 Å². The molecule has 0 rings (SSSR count). The third-order valence-corrected chi connectivity index (χ3v) is 3.33. The van der Waals surface area contributed by atoms with Crippen LogP contribution >= 0.6 is 0 Å². The topological polar surface area (TPSA) is 17.1 Å². The second-order valence-electron chi connectivity index (χ2n) is 1.84. The Morgan fingerprint density at radius 3 is 2.56 bits per heavy atom. The summed E-state index contributed by atoms with van der Waals surface area (Å²) in [6.45, 7) is 3.82. The molecule has 3 heteroatoms. The lowest BCUT2D eigenvalue weighted by atomic mass is 10.6. The lowest BCUT2D eigenvalue weighted by Crippen LogP contribution is -1.97. The highest BCUT2D eigenvalue weighted by Crippen LogP contribution is 1.95. The molecule has 1 nitrogen and oxygen atoms in total. The zero-order chi connectivity index (χ0) is 7.33. The molecule has 9 heavy (non-hydrogen) atoms. The van der Waals surface area contributed by atoms with Gasteiger partial charge in [-0.15, -0.1) is 0 Å². The van der Waals surface area contributed by atoms with Crippen molar-refractivity contribution in [1.82, 2.24) is 0 Å². The van der Waals surface area contributed by atoms with Gasteiger partial charge in [0, 0.05) is 11.2 Å². The van der Waals surface area contributed by atoms with Gasteiger partial charge in [-0.25, -0.2) is 0 Å². The van der Waals surface area contributed by atoms with Crippen molar-refractivity contribution in [1.29, 1.82) is 0 Å². The molecule has 0 bridgehead atoms. The average molecular weight is 164 g/mol. The Hall–Kier alpha value is 0.110. The van der Waals surface area contributed by atoms with Gasteiger partial charge in [0.2, 0.25) is 0 Å². The van der Waals surface area contributed by atoms with E-state index in [0.717, 1.165) is 6.42 Å². The van der Waals surface area contributed by atoms with Gasteiger partial charge < -0.3 is 0 Å². The summed E-state index contributed by atoms with van der Waals surface area (Å²) in [6.07, 6.45) is 2.65. The van der Waals surface area contributed by atoms with Gasteiger partial charge in [-0.05, 0) is 24.5 Å². The fourth-order valence-electron chi connectivity index (χ4n) is 0.560. The van der Waals surface area contributed by atoms with Gasteiger partial charge >= 0.3 is 0 Å². The number of rotatable bonds is 3. The third-order valence-electron chi connectivity index (χ3n) is 0.832. The predicted octanol–water partition coefficient (Wildman–Crippen LogP) is 1.68. The van der Waals surface area contributed by atoms with Crippen LogP contribution in [0.1, 0.15) is 20.3 Å². The van der Waals surface area contributed by atoms with Crippen LogP contribution < -0.4 is 0 Å². The molecule has 0 aliphatic heterocycles. The van der Waals surface area contributed by atoms with Gasteiger partial charge in [-0.1, -0.05) is 13.0 Å². The van der Waals surface area contributed by atoms with Crippen molar-refractivity contribution in [3.8, 4) is 0 Å². The van der Waals surface area contributed by atoms with E-state index in [1.165, 1.54) is 0 Å². The molecule has 0 heterocycles. The second-order valence-corrected chi connectivity index (χ2v) is 5.54. The lowest BCUT2D eigenvalue weighted by molar-refractivity contribution is 0.686.